The van der Waals surface area contributed by atoms with E-state index in [4.69, 9.17) is 82.0 Å². The first-order valence-corrected chi connectivity index (χ1v) is 45.7. The van der Waals surface area contributed by atoms with Crippen LogP contribution in [0, 0.1) is 0 Å². The number of aromatic nitrogens is 20. The van der Waals surface area contributed by atoms with Crippen LogP contribution < -0.4 is 37.8 Å². The van der Waals surface area contributed by atoms with Gasteiger partial charge >= 0.3 is 26.0 Å². The van der Waals surface area contributed by atoms with Crippen LogP contribution in [-0.2, 0) is 14.2 Å². The summed E-state index contributed by atoms with van der Waals surface area (Å²) in [5.41, 5.74) is 33.3. The van der Waals surface area contributed by atoms with Crippen LogP contribution in [-0.4, -0.2) is 153 Å². The zero-order chi connectivity index (χ0) is 103. The van der Waals surface area contributed by atoms with Crippen molar-refractivity contribution in [3.05, 3.63) is 363 Å². The molecule has 20 rings (SSSR count). The average Bonchev–Trinajstić information content (AvgIpc) is 1.26. The third-order valence-corrected chi connectivity index (χ3v) is 20.8. The van der Waals surface area contributed by atoms with Crippen molar-refractivity contribution >= 4 is 155 Å². The highest BCUT2D eigenvalue weighted by atomic mass is 79.9. The maximum absolute atomic E-state index is 12.9. The Hall–Kier alpha value is -17.1. The molecular formula is C104H97BBrCl3FN26O8. The van der Waals surface area contributed by atoms with Crippen molar-refractivity contribution in [2.24, 2.45) is 0 Å². The van der Waals surface area contributed by atoms with E-state index in [1.807, 2.05) is 217 Å². The molecule has 34 nitrogen and oxygen atoms in total. The Morgan fingerprint density at radius 3 is 1.10 bits per heavy atom. The fourth-order valence-corrected chi connectivity index (χ4v) is 14.0. The number of fused-ring (bicyclic) bond motifs is 4. The number of hydrogen-bond donors (Lipinski definition) is 7. The zero-order valence-electron chi connectivity index (χ0n) is 79.4. The lowest BCUT2D eigenvalue weighted by molar-refractivity contribution is 0.0427. The van der Waals surface area contributed by atoms with Crippen molar-refractivity contribution in [2.75, 3.05) is 40.3 Å². The van der Waals surface area contributed by atoms with Gasteiger partial charge < -0.3 is 51.8 Å². The van der Waals surface area contributed by atoms with Gasteiger partial charge in [0.2, 0.25) is 0 Å². The fourth-order valence-electron chi connectivity index (χ4n) is 13.3. The summed E-state index contributed by atoms with van der Waals surface area (Å²) in [6, 6.07) is 59.9. The van der Waals surface area contributed by atoms with Gasteiger partial charge in [-0.25, -0.2) is 44.3 Å². The molecule has 1 radical (unpaired) electrons. The molecule has 729 valence electrons. The van der Waals surface area contributed by atoms with Crippen molar-refractivity contribution in [2.45, 2.75) is 79.1 Å². The van der Waals surface area contributed by atoms with E-state index in [2.05, 4.69) is 106 Å². The van der Waals surface area contributed by atoms with Crippen LogP contribution in [0.25, 0.3) is 117 Å². The Morgan fingerprint density at radius 2 is 0.729 bits per heavy atom. The van der Waals surface area contributed by atoms with Crippen molar-refractivity contribution < 1.29 is 42.7 Å². The minimum atomic E-state index is -0.915. The van der Waals surface area contributed by atoms with Gasteiger partial charge in [0.1, 0.15) is 84.6 Å². The SMILES string of the molecule is CC(C)(C)OC(=O)N(C(=O)OC(C)(C)C)c1nc(Cl)ccc1-c1cccnc1.CC(C)(C)OC(=O)Nc1nc(-n2ccc3ccncc32)ccc1-c1cccnc1.CF.Nc1nc(-n2ccc3ccncc32)ccc1-c1cccnc1.Nc1nc(-n2ccc3ccncc32)ccc1-c1cccnc1.Nc1nc(Cl)ccc1-c1cccnc1.Nc1nc(Cl)ccc1Br.O[B]Oc1cccnc1.c1cc2cc[nH]c2cn1. The smallest absolute Gasteiger partial charge is 0.536 e. The quantitative estimate of drug-likeness (QED) is 0.0339. The Balaban J connectivity index is 0.000000151. The second-order valence-corrected chi connectivity index (χ2v) is 35.2. The van der Waals surface area contributed by atoms with Gasteiger partial charge in [-0.3, -0.25) is 73.2 Å². The highest BCUT2D eigenvalue weighted by Crippen LogP contribution is 2.36. The standard InChI is InChI=1S/C22H21N5O2.C20H24ClN3O4.2C17H13N5.C10H8ClN3.C7H6N2.C5H5BNO2.C5H4BrClN2.CH3F/c1-22(2,3)29-21(28)26-20-17(16-5-4-10-23-13-16)6-7-19(25-20)27-12-9-15-8-11-24-14-18(15)27;1-19(2,3)27-17(25)24(18(26)28-20(4,5)6)16-14(9-10-15(21)23-16)13-8-7-11-22-12-13;2*18-17-14(13-2-1-7-19-10-13)3-4-16(21-17)22-9-6-12-5-8-20-11-15(12)22;11-9-4-3-8(10(12)14-9)7-2-1-5-13-6-7;1-3-8-5-7-6(1)2-4-9-7;8-6-9-5-2-1-3-7-4-5;6-3-1-2-4(7)9-5(3)8;1-2/h4-14H,1-3H3,(H,25,26,28);7-12H,1-6H3;2*1-11H,(H2,18,21);1-6H,(H2,12,14);1-5,9H;1-4,8H;1-2H,(H2,8,9);1H3. The minimum absolute atomic E-state index is 0.00370. The monoisotopic (exact) mass is 2050 g/mol. The number of anilines is 6. The summed E-state index contributed by atoms with van der Waals surface area (Å²) in [5.74, 6) is 4.94. The molecule has 0 atom stereocenters. The molecule has 3 amide bonds. The fraction of sp³-hybridized carbons (Fsp3) is 0.125. The number of carbonyl (C=O) groups is 3. The van der Waals surface area contributed by atoms with Crippen LogP contribution >= 0.6 is 50.7 Å². The van der Waals surface area contributed by atoms with Gasteiger partial charge in [0.05, 0.1) is 64.7 Å². The molecule has 0 unspecified atom stereocenters. The van der Waals surface area contributed by atoms with Crippen LogP contribution in [0.15, 0.2) is 347 Å². The molecule has 0 bridgehead atoms. The first-order valence-electron chi connectivity index (χ1n) is 43.8. The van der Waals surface area contributed by atoms with E-state index in [0.29, 0.717) is 77.0 Å². The van der Waals surface area contributed by atoms with E-state index >= 15 is 0 Å². The van der Waals surface area contributed by atoms with Crippen molar-refractivity contribution in [3.63, 3.8) is 0 Å². The molecule has 0 aliphatic heterocycles. The number of nitrogen functional groups attached to an aromatic ring is 4. The molecule has 0 aliphatic carbocycles. The van der Waals surface area contributed by atoms with Gasteiger partial charge in [-0.15, -0.1) is 0 Å². The molecule has 0 saturated heterocycles. The summed E-state index contributed by atoms with van der Waals surface area (Å²) in [6.45, 7) is 15.7. The predicted molar refractivity (Wildman–Crippen MR) is 567 cm³/mol. The number of nitrogens with two attached hydrogens (primary N) is 4. The molecule has 0 saturated carbocycles. The number of ether oxygens (including phenoxy) is 3. The second-order valence-electron chi connectivity index (χ2n) is 33.2. The first-order chi connectivity index (χ1) is 69.3. The number of H-pyrrole nitrogens is 1. The van der Waals surface area contributed by atoms with Crippen molar-refractivity contribution in [3.8, 4) is 78.8 Å². The molecule has 0 spiro atoms. The van der Waals surface area contributed by atoms with E-state index in [-0.39, 0.29) is 11.0 Å². The van der Waals surface area contributed by atoms with Gasteiger partial charge in [-0.1, -0.05) is 65.1 Å². The van der Waals surface area contributed by atoms with Crippen molar-refractivity contribution in [1.82, 2.24) is 98.4 Å². The number of halogens is 5. The maximum Gasteiger partial charge on any atom is 0.569 e. The summed E-state index contributed by atoms with van der Waals surface area (Å²) in [7, 11) is 1.12. The summed E-state index contributed by atoms with van der Waals surface area (Å²) in [5, 5.41) is 16.4. The average molecular weight is 2060 g/mol. The molecule has 0 aliphatic rings. The number of amides is 3. The van der Waals surface area contributed by atoms with Crippen LogP contribution in [0.1, 0.15) is 62.3 Å². The first kappa shape index (κ1) is 106. The number of aromatic amines is 1. The van der Waals surface area contributed by atoms with Gasteiger partial charge in [-0.05, 0) is 242 Å². The van der Waals surface area contributed by atoms with Crippen LogP contribution in [0.2, 0.25) is 15.5 Å². The molecule has 11 N–H and O–H groups in total. The molecule has 40 heteroatoms. The normalized spacial score (nSPS) is 10.7. The lowest BCUT2D eigenvalue weighted by Gasteiger charge is -2.29. The molecule has 20 aromatic heterocycles. The summed E-state index contributed by atoms with van der Waals surface area (Å²) in [6.07, 6.45) is 40.0. The number of hydrogen-bond acceptors (Lipinski definition) is 28. The molecule has 0 aromatic carbocycles. The van der Waals surface area contributed by atoms with E-state index < -0.39 is 35.1 Å². The van der Waals surface area contributed by atoms with Gasteiger partial charge in [0.15, 0.2) is 5.82 Å². The molecule has 0 fully saturated rings. The summed E-state index contributed by atoms with van der Waals surface area (Å²) >= 11 is 20.5. The molecular weight excluding hydrogens is 1960 g/mol. The maximum atomic E-state index is 12.9. The van der Waals surface area contributed by atoms with Gasteiger partial charge in [0, 0.05) is 195 Å². The van der Waals surface area contributed by atoms with E-state index in [0.717, 1.165) is 104 Å². The largest absolute Gasteiger partial charge is 0.569 e. The Kier molecular flexibility index (Phi) is 37.2. The predicted octanol–water partition coefficient (Wildman–Crippen LogP) is 23.0. The number of nitrogens with one attached hydrogen (secondary N) is 2. The van der Waals surface area contributed by atoms with Crippen LogP contribution in [0.4, 0.5) is 53.7 Å². The second kappa shape index (κ2) is 50.6. The molecule has 20 aromatic rings. The number of alkyl halides is 1. The molecule has 20 heterocycles. The zero-order valence-corrected chi connectivity index (χ0v) is 83.2. The third kappa shape index (κ3) is 30.2. The highest BCUT2D eigenvalue weighted by molar-refractivity contribution is 9.10. The third-order valence-electron chi connectivity index (χ3n) is 19.5. The van der Waals surface area contributed by atoms with Crippen LogP contribution in [0.3, 0.4) is 0 Å². The highest BCUT2D eigenvalue weighted by Gasteiger charge is 2.36. The number of carbonyl (C=O) groups excluding carboxylic acids is 3. The minimum Gasteiger partial charge on any atom is -0.536 e. The van der Waals surface area contributed by atoms with E-state index in [9.17, 15) is 18.8 Å². The molecule has 144 heavy (non-hydrogen) atoms. The topological polar surface area (TPSA) is 465 Å². The number of nitrogens with zero attached hydrogens (tertiary/aromatic N) is 20. The Labute approximate surface area is 851 Å². The number of pyridine rings is 16. The van der Waals surface area contributed by atoms with Gasteiger partial charge in [0.25, 0.3) is 0 Å². The Bertz CT molecular complexity index is 7400. The van der Waals surface area contributed by atoms with Gasteiger partial charge in [-0.2, -0.15) is 4.90 Å². The summed E-state index contributed by atoms with van der Waals surface area (Å²) in [4.78, 5) is 108. The van der Waals surface area contributed by atoms with E-state index in [1.165, 1.54) is 11.6 Å². The number of imide groups is 1. The number of rotatable bonds is 12. The lowest BCUT2D eigenvalue weighted by Crippen LogP contribution is -2.44. The van der Waals surface area contributed by atoms with E-state index in [1.54, 1.807) is 195 Å². The summed E-state index contributed by atoms with van der Waals surface area (Å²) < 4.78 is 37.0. The van der Waals surface area contributed by atoms with Crippen LogP contribution in [0.5, 0.6) is 5.75 Å². The Morgan fingerprint density at radius 1 is 0.382 bits per heavy atom. The van der Waals surface area contributed by atoms with Crippen molar-refractivity contribution in [1.29, 1.82) is 0 Å². The lowest BCUT2D eigenvalue weighted by atomic mass is 10.1.